The summed E-state index contributed by atoms with van der Waals surface area (Å²) in [5, 5.41) is 0. The van der Waals surface area contributed by atoms with E-state index in [0.717, 1.165) is 45.6 Å². The Morgan fingerprint density at radius 2 is 0.964 bits per heavy atom. The van der Waals surface area contributed by atoms with Gasteiger partial charge in [0.15, 0.2) is 0 Å². The van der Waals surface area contributed by atoms with Crippen molar-refractivity contribution in [1.82, 2.24) is 14.7 Å². The largest absolute Gasteiger partial charge is 0.394 e. The Bertz CT molecular complexity index is 322. The smallest absolute Gasteiger partial charge is 0.349 e. The SMILES string of the molecule is CCCN(CC)CCCN(CCCN(CC)CCC)C[Si](C)(OCC)OCC. The van der Waals surface area contributed by atoms with E-state index in [0.29, 0.717) is 0 Å². The van der Waals surface area contributed by atoms with Gasteiger partial charge in [-0.05, 0) is 98.4 Å². The zero-order chi connectivity index (χ0) is 21.3. The maximum absolute atomic E-state index is 6.13. The highest BCUT2D eigenvalue weighted by atomic mass is 28.4. The molecule has 0 aromatic heterocycles. The van der Waals surface area contributed by atoms with E-state index in [1.165, 1.54) is 51.9 Å². The lowest BCUT2D eigenvalue weighted by atomic mass is 10.3. The average molecular weight is 418 g/mol. The summed E-state index contributed by atoms with van der Waals surface area (Å²) in [6.07, 6.45) is 5.91. The van der Waals surface area contributed by atoms with Crippen molar-refractivity contribution in [2.45, 2.75) is 73.8 Å². The minimum Gasteiger partial charge on any atom is -0.394 e. The van der Waals surface area contributed by atoms with E-state index in [9.17, 15) is 0 Å². The number of hydrogen-bond acceptors (Lipinski definition) is 5. The van der Waals surface area contributed by atoms with Gasteiger partial charge in [-0.1, -0.05) is 27.7 Å². The van der Waals surface area contributed by atoms with Crippen molar-refractivity contribution in [3.63, 3.8) is 0 Å². The van der Waals surface area contributed by atoms with Gasteiger partial charge >= 0.3 is 8.56 Å². The molecule has 0 aliphatic heterocycles. The van der Waals surface area contributed by atoms with Crippen LogP contribution in [0.4, 0.5) is 0 Å². The van der Waals surface area contributed by atoms with Gasteiger partial charge in [-0.3, -0.25) is 0 Å². The molecule has 28 heavy (non-hydrogen) atoms. The highest BCUT2D eigenvalue weighted by Gasteiger charge is 2.33. The zero-order valence-corrected chi connectivity index (χ0v) is 21.3. The van der Waals surface area contributed by atoms with E-state index < -0.39 is 8.56 Å². The molecule has 0 spiro atoms. The number of nitrogens with zero attached hydrogens (tertiary/aromatic N) is 3. The fraction of sp³-hybridized carbons (Fsp3) is 1.00. The third kappa shape index (κ3) is 13.3. The van der Waals surface area contributed by atoms with Crippen molar-refractivity contribution in [1.29, 1.82) is 0 Å². The Labute approximate surface area is 178 Å². The topological polar surface area (TPSA) is 28.2 Å². The Morgan fingerprint density at radius 3 is 1.29 bits per heavy atom. The summed E-state index contributed by atoms with van der Waals surface area (Å²) in [7, 11) is -2.12. The van der Waals surface area contributed by atoms with Gasteiger partial charge in [0, 0.05) is 19.4 Å². The molecule has 0 saturated heterocycles. The molecule has 0 fully saturated rings. The van der Waals surface area contributed by atoms with Crippen molar-refractivity contribution in [2.24, 2.45) is 0 Å². The van der Waals surface area contributed by atoms with Crippen LogP contribution in [0, 0.1) is 0 Å². The maximum Gasteiger partial charge on any atom is 0.349 e. The molecule has 0 aromatic carbocycles. The van der Waals surface area contributed by atoms with E-state index in [1.807, 2.05) is 0 Å². The van der Waals surface area contributed by atoms with Crippen molar-refractivity contribution in [3.05, 3.63) is 0 Å². The Morgan fingerprint density at radius 1 is 0.571 bits per heavy atom. The van der Waals surface area contributed by atoms with Gasteiger partial charge in [0.25, 0.3) is 0 Å². The van der Waals surface area contributed by atoms with Crippen LogP contribution >= 0.6 is 0 Å². The molecule has 170 valence electrons. The van der Waals surface area contributed by atoms with Crippen molar-refractivity contribution >= 4 is 8.56 Å². The van der Waals surface area contributed by atoms with Gasteiger partial charge in [-0.15, -0.1) is 0 Å². The summed E-state index contributed by atoms with van der Waals surface area (Å²) in [5.41, 5.74) is 0. The molecule has 5 nitrogen and oxygen atoms in total. The summed E-state index contributed by atoms with van der Waals surface area (Å²) in [5.74, 6) is 0. The lowest BCUT2D eigenvalue weighted by Crippen LogP contribution is -2.51. The molecule has 0 amide bonds. The van der Waals surface area contributed by atoms with Crippen LogP contribution in [0.1, 0.15) is 67.2 Å². The first kappa shape index (κ1) is 28.0. The molecular formula is C22H51N3O2Si. The van der Waals surface area contributed by atoms with Gasteiger partial charge < -0.3 is 23.6 Å². The summed E-state index contributed by atoms with van der Waals surface area (Å²) in [6.45, 7) is 26.4. The lowest BCUT2D eigenvalue weighted by molar-refractivity contribution is 0.157. The van der Waals surface area contributed by atoms with Crippen LogP contribution < -0.4 is 0 Å². The Hall–Kier alpha value is 0.0169. The minimum atomic E-state index is -2.12. The molecule has 0 N–H and O–H groups in total. The Kier molecular flexibility index (Phi) is 17.9. The summed E-state index contributed by atoms with van der Waals surface area (Å²) >= 11 is 0. The van der Waals surface area contributed by atoms with Crippen molar-refractivity contribution in [3.8, 4) is 0 Å². The Balaban J connectivity index is 4.74. The molecule has 0 heterocycles. The molecule has 0 saturated carbocycles. The van der Waals surface area contributed by atoms with Crippen LogP contribution in [0.15, 0.2) is 0 Å². The highest BCUT2D eigenvalue weighted by Crippen LogP contribution is 2.12. The van der Waals surface area contributed by atoms with E-state index in [4.69, 9.17) is 8.85 Å². The molecule has 0 aliphatic rings. The minimum absolute atomic E-state index is 0.747. The van der Waals surface area contributed by atoms with Gasteiger partial charge in [0.1, 0.15) is 0 Å². The second-order valence-corrected chi connectivity index (χ2v) is 11.0. The predicted octanol–water partition coefficient (Wildman–Crippen LogP) is 4.22. The van der Waals surface area contributed by atoms with E-state index in [-0.39, 0.29) is 0 Å². The van der Waals surface area contributed by atoms with E-state index >= 15 is 0 Å². The lowest BCUT2D eigenvalue weighted by Gasteiger charge is -2.33. The summed E-state index contributed by atoms with van der Waals surface area (Å²) in [4.78, 5) is 7.76. The molecule has 0 atom stereocenters. The van der Waals surface area contributed by atoms with Gasteiger partial charge in [0.2, 0.25) is 0 Å². The monoisotopic (exact) mass is 417 g/mol. The first-order valence-electron chi connectivity index (χ1n) is 11.9. The molecule has 0 unspecified atom stereocenters. The first-order valence-corrected chi connectivity index (χ1v) is 14.5. The third-order valence-corrected chi connectivity index (χ3v) is 8.10. The van der Waals surface area contributed by atoms with Crippen LogP contribution in [0.3, 0.4) is 0 Å². The fourth-order valence-corrected chi connectivity index (χ4v) is 6.56. The molecule has 0 aromatic rings. The standard InChI is InChI=1S/C22H51N3O2Si/c1-8-16-23(10-3)18-14-20-25(21-15-19-24(11-4)17-9-2)22-28(7,26-12-5)27-13-6/h8-22H2,1-7H3. The molecule has 0 aliphatic carbocycles. The molecule has 6 heteroatoms. The summed E-state index contributed by atoms with van der Waals surface area (Å²) < 4.78 is 12.3. The fourth-order valence-electron chi connectivity index (χ4n) is 3.94. The van der Waals surface area contributed by atoms with Crippen LogP contribution in [-0.2, 0) is 8.85 Å². The van der Waals surface area contributed by atoms with Crippen LogP contribution in [-0.4, -0.2) is 95.0 Å². The normalized spacial score (nSPS) is 12.6. The van der Waals surface area contributed by atoms with Crippen molar-refractivity contribution in [2.75, 3.05) is 71.7 Å². The van der Waals surface area contributed by atoms with Crippen LogP contribution in [0.25, 0.3) is 0 Å². The average Bonchev–Trinajstić information content (AvgIpc) is 2.66. The predicted molar refractivity (Wildman–Crippen MR) is 125 cm³/mol. The second kappa shape index (κ2) is 17.8. The molecular weight excluding hydrogens is 366 g/mol. The molecule has 0 rings (SSSR count). The van der Waals surface area contributed by atoms with Gasteiger partial charge in [0.05, 0.1) is 0 Å². The highest BCUT2D eigenvalue weighted by molar-refractivity contribution is 6.66. The van der Waals surface area contributed by atoms with Crippen LogP contribution in [0.5, 0.6) is 0 Å². The number of rotatable bonds is 20. The molecule has 0 radical (unpaired) electrons. The quantitative estimate of drug-likeness (QED) is 0.277. The summed E-state index contributed by atoms with van der Waals surface area (Å²) in [6, 6.07) is 0. The van der Waals surface area contributed by atoms with Crippen molar-refractivity contribution < 1.29 is 8.85 Å². The second-order valence-electron chi connectivity index (χ2n) is 7.85. The molecule has 0 bridgehead atoms. The van der Waals surface area contributed by atoms with E-state index in [1.54, 1.807) is 0 Å². The zero-order valence-electron chi connectivity index (χ0n) is 20.3. The number of hydrogen-bond donors (Lipinski definition) is 0. The van der Waals surface area contributed by atoms with Gasteiger partial charge in [-0.25, -0.2) is 0 Å². The van der Waals surface area contributed by atoms with Crippen LogP contribution in [0.2, 0.25) is 6.55 Å². The van der Waals surface area contributed by atoms with Gasteiger partial charge in [-0.2, -0.15) is 0 Å². The maximum atomic E-state index is 6.13. The van der Waals surface area contributed by atoms with E-state index in [2.05, 4.69) is 62.8 Å². The third-order valence-electron chi connectivity index (χ3n) is 5.28. The first-order chi connectivity index (χ1) is 13.5.